The van der Waals surface area contributed by atoms with Crippen LogP contribution in [0.25, 0.3) is 0 Å². The van der Waals surface area contributed by atoms with E-state index in [1.807, 2.05) is 0 Å². The summed E-state index contributed by atoms with van der Waals surface area (Å²) in [5, 5.41) is 0. The smallest absolute Gasteiger partial charge is 0.219 e. The van der Waals surface area contributed by atoms with Crippen LogP contribution in [0, 0.1) is 0 Å². The van der Waals surface area contributed by atoms with Crippen LogP contribution in [0.1, 0.15) is 78.1 Å². The third-order valence-electron chi connectivity index (χ3n) is 2.94. The second-order valence-corrected chi connectivity index (χ2v) is 6.47. The Morgan fingerprint density at radius 1 is 0.833 bits per heavy atom. The van der Waals surface area contributed by atoms with E-state index in [1.54, 1.807) is 11.8 Å². The second-order valence-electron chi connectivity index (χ2n) is 4.78. The lowest BCUT2D eigenvalue weighted by Crippen LogP contribution is -2.00. The van der Waals surface area contributed by atoms with Gasteiger partial charge in [0.2, 0.25) is 4.38 Å². The fraction of sp³-hybridized carbons (Fsp3) is 0.933. The molecule has 0 aliphatic rings. The maximum absolute atomic E-state index is 5.54. The lowest BCUT2D eigenvalue weighted by atomic mass is 10.2. The van der Waals surface area contributed by atoms with E-state index in [4.69, 9.17) is 17.0 Å². The zero-order chi connectivity index (χ0) is 13.5. The molecule has 0 fully saturated rings. The van der Waals surface area contributed by atoms with Crippen molar-refractivity contribution < 1.29 is 4.74 Å². The molecule has 0 unspecified atom stereocenters. The summed E-state index contributed by atoms with van der Waals surface area (Å²) in [6, 6.07) is 0. The average molecular weight is 291 g/mol. The predicted octanol–water partition coefficient (Wildman–Crippen LogP) is 5.96. The summed E-state index contributed by atoms with van der Waals surface area (Å²) in [5.41, 5.74) is 0. The van der Waals surface area contributed by atoms with E-state index in [1.165, 1.54) is 57.8 Å². The molecule has 0 aromatic carbocycles. The second kappa shape index (κ2) is 15.3. The summed E-state index contributed by atoms with van der Waals surface area (Å²) in [6.45, 7) is 5.30. The van der Waals surface area contributed by atoms with E-state index in [0.29, 0.717) is 0 Å². The van der Waals surface area contributed by atoms with E-state index in [9.17, 15) is 0 Å². The minimum atomic E-state index is 0.751. The molecule has 0 saturated carbocycles. The van der Waals surface area contributed by atoms with Crippen LogP contribution < -0.4 is 0 Å². The molecule has 1 nitrogen and oxygen atoms in total. The number of thioether (sulfide) groups is 1. The topological polar surface area (TPSA) is 9.23 Å². The van der Waals surface area contributed by atoms with Crippen LogP contribution in [-0.4, -0.2) is 16.7 Å². The van der Waals surface area contributed by atoms with Crippen LogP contribution in [0.4, 0.5) is 0 Å². The van der Waals surface area contributed by atoms with Crippen LogP contribution in [0.2, 0.25) is 0 Å². The zero-order valence-electron chi connectivity index (χ0n) is 12.2. The summed E-state index contributed by atoms with van der Waals surface area (Å²) in [4.78, 5) is 0. The molecule has 0 aromatic heterocycles. The van der Waals surface area contributed by atoms with Gasteiger partial charge in [0, 0.05) is 5.75 Å². The lowest BCUT2D eigenvalue weighted by molar-refractivity contribution is 0.308. The van der Waals surface area contributed by atoms with Gasteiger partial charge in [0.05, 0.1) is 6.61 Å². The first-order valence-corrected chi connectivity index (χ1v) is 9.00. The largest absolute Gasteiger partial charge is 0.479 e. The monoisotopic (exact) mass is 290 g/mol. The highest BCUT2D eigenvalue weighted by Crippen LogP contribution is 2.12. The van der Waals surface area contributed by atoms with Gasteiger partial charge in [-0.05, 0) is 25.1 Å². The summed E-state index contributed by atoms with van der Waals surface area (Å²) in [6.07, 6.45) is 13.0. The van der Waals surface area contributed by atoms with Crippen molar-refractivity contribution in [2.24, 2.45) is 0 Å². The maximum atomic E-state index is 5.54. The molecule has 0 heterocycles. The molecular formula is C15H30OS2. The van der Waals surface area contributed by atoms with Gasteiger partial charge in [-0.15, -0.1) is 0 Å². The highest BCUT2D eigenvalue weighted by Gasteiger charge is 1.99. The van der Waals surface area contributed by atoms with Gasteiger partial charge in [-0.1, -0.05) is 77.0 Å². The van der Waals surface area contributed by atoms with Crippen LogP contribution in [0.5, 0.6) is 0 Å². The first kappa shape index (κ1) is 18.2. The van der Waals surface area contributed by atoms with Gasteiger partial charge in [-0.2, -0.15) is 0 Å². The molecule has 0 N–H and O–H groups in total. The Hall–Kier alpha value is 0.240. The van der Waals surface area contributed by atoms with E-state index in [2.05, 4.69) is 13.8 Å². The van der Waals surface area contributed by atoms with Crippen molar-refractivity contribution >= 4 is 28.4 Å². The van der Waals surface area contributed by atoms with Gasteiger partial charge < -0.3 is 4.74 Å². The molecule has 0 aliphatic heterocycles. The molecule has 0 amide bonds. The Bertz CT molecular complexity index is 165. The van der Waals surface area contributed by atoms with E-state index in [0.717, 1.165) is 23.2 Å². The van der Waals surface area contributed by atoms with Gasteiger partial charge in [-0.25, -0.2) is 0 Å². The number of hydrogen-bond donors (Lipinski definition) is 0. The molecule has 0 rings (SSSR count). The minimum absolute atomic E-state index is 0.751. The van der Waals surface area contributed by atoms with Crippen LogP contribution >= 0.6 is 24.0 Å². The molecule has 0 spiro atoms. The van der Waals surface area contributed by atoms with Crippen molar-refractivity contribution in [1.82, 2.24) is 0 Å². The number of hydrogen-bond acceptors (Lipinski definition) is 3. The molecule has 0 aliphatic carbocycles. The van der Waals surface area contributed by atoms with Crippen molar-refractivity contribution in [1.29, 1.82) is 0 Å². The first-order valence-electron chi connectivity index (χ1n) is 7.60. The van der Waals surface area contributed by atoms with Gasteiger partial charge >= 0.3 is 0 Å². The van der Waals surface area contributed by atoms with Crippen LogP contribution in [0.15, 0.2) is 0 Å². The molecule has 108 valence electrons. The lowest BCUT2D eigenvalue weighted by Gasteiger charge is -2.06. The minimum Gasteiger partial charge on any atom is -0.479 e. The summed E-state index contributed by atoms with van der Waals surface area (Å²) < 4.78 is 6.30. The van der Waals surface area contributed by atoms with E-state index in [-0.39, 0.29) is 0 Å². The van der Waals surface area contributed by atoms with Gasteiger partial charge in [0.1, 0.15) is 0 Å². The Morgan fingerprint density at radius 3 is 2.00 bits per heavy atom. The predicted molar refractivity (Wildman–Crippen MR) is 88.5 cm³/mol. The summed E-state index contributed by atoms with van der Waals surface area (Å²) in [5.74, 6) is 1.12. The fourth-order valence-corrected chi connectivity index (χ4v) is 2.78. The maximum Gasteiger partial charge on any atom is 0.219 e. The third kappa shape index (κ3) is 14.3. The summed E-state index contributed by atoms with van der Waals surface area (Å²) >= 11 is 6.91. The van der Waals surface area contributed by atoms with Crippen molar-refractivity contribution in [3.05, 3.63) is 0 Å². The SMILES string of the molecule is CCCCCCCOC(=S)SCCCCCCC. The summed E-state index contributed by atoms with van der Waals surface area (Å²) in [7, 11) is 0. The number of unbranched alkanes of at least 4 members (excludes halogenated alkanes) is 8. The van der Waals surface area contributed by atoms with Crippen LogP contribution in [0.3, 0.4) is 0 Å². The number of rotatable bonds is 12. The molecule has 0 radical (unpaired) electrons. The number of ether oxygens (including phenoxy) is 1. The third-order valence-corrected chi connectivity index (χ3v) is 4.25. The Labute approximate surface area is 123 Å². The average Bonchev–Trinajstić information content (AvgIpc) is 2.38. The van der Waals surface area contributed by atoms with Gasteiger partial charge in [0.15, 0.2) is 0 Å². The Morgan fingerprint density at radius 2 is 1.39 bits per heavy atom. The quantitative estimate of drug-likeness (QED) is 0.324. The van der Waals surface area contributed by atoms with Crippen molar-refractivity contribution in [3.8, 4) is 0 Å². The standard InChI is InChI=1S/C15H30OS2/c1-3-5-7-9-11-13-16-15(17)18-14-12-10-8-6-4-2/h3-14H2,1-2H3. The van der Waals surface area contributed by atoms with E-state index < -0.39 is 0 Å². The number of thiocarbonyl (C=S) groups is 1. The molecule has 0 bridgehead atoms. The van der Waals surface area contributed by atoms with Crippen molar-refractivity contribution in [2.75, 3.05) is 12.4 Å². The van der Waals surface area contributed by atoms with Crippen molar-refractivity contribution in [2.45, 2.75) is 78.1 Å². The molecule has 18 heavy (non-hydrogen) atoms. The molecule has 0 aromatic rings. The van der Waals surface area contributed by atoms with Gasteiger partial charge in [0.25, 0.3) is 0 Å². The fourth-order valence-electron chi connectivity index (χ4n) is 1.76. The normalized spacial score (nSPS) is 10.6. The Balaban J connectivity index is 3.12. The van der Waals surface area contributed by atoms with E-state index >= 15 is 0 Å². The first-order chi connectivity index (χ1) is 8.81. The molecule has 0 saturated heterocycles. The van der Waals surface area contributed by atoms with Crippen LogP contribution in [-0.2, 0) is 4.74 Å². The zero-order valence-corrected chi connectivity index (χ0v) is 13.8. The molecule has 3 heteroatoms. The van der Waals surface area contributed by atoms with Crippen molar-refractivity contribution in [3.63, 3.8) is 0 Å². The highest BCUT2D eigenvalue weighted by atomic mass is 32.2. The van der Waals surface area contributed by atoms with Gasteiger partial charge in [-0.3, -0.25) is 0 Å². The highest BCUT2D eigenvalue weighted by molar-refractivity contribution is 8.22. The molecule has 0 atom stereocenters. The molecular weight excluding hydrogens is 260 g/mol. The Kier molecular flexibility index (Phi) is 15.5.